The number of hydrogen-bond acceptors (Lipinski definition) is 3. The van der Waals surface area contributed by atoms with Crippen LogP contribution in [0.5, 0.6) is 5.75 Å². The van der Waals surface area contributed by atoms with Crippen LogP contribution in [0.2, 0.25) is 0 Å². The molecule has 0 radical (unpaired) electrons. The van der Waals surface area contributed by atoms with Crippen LogP contribution in [0, 0.1) is 5.92 Å². The van der Waals surface area contributed by atoms with Crippen molar-refractivity contribution in [2.45, 2.75) is 65.0 Å². The Bertz CT molecular complexity index is 796. The molecule has 1 saturated carbocycles. The Labute approximate surface area is 162 Å². The Morgan fingerprint density at radius 3 is 2.33 bits per heavy atom. The van der Waals surface area contributed by atoms with E-state index >= 15 is 0 Å². The minimum Gasteiger partial charge on any atom is -0.497 e. The lowest BCUT2D eigenvalue weighted by atomic mass is 9.96. The summed E-state index contributed by atoms with van der Waals surface area (Å²) in [5.41, 5.74) is 2.62. The van der Waals surface area contributed by atoms with E-state index < -0.39 is 0 Å². The molecule has 0 bridgehead atoms. The molecular weight excluding hydrogens is 338 g/mol. The highest BCUT2D eigenvalue weighted by atomic mass is 16.5. The van der Waals surface area contributed by atoms with Crippen LogP contribution in [0.4, 0.5) is 0 Å². The van der Waals surface area contributed by atoms with E-state index in [2.05, 4.69) is 45.0 Å². The van der Waals surface area contributed by atoms with Crippen molar-refractivity contribution in [3.8, 4) is 5.75 Å². The minimum absolute atomic E-state index is 0.0763. The Kier molecular flexibility index (Phi) is 5.31. The molecule has 1 aliphatic rings. The van der Waals surface area contributed by atoms with Crippen molar-refractivity contribution in [2.75, 3.05) is 7.11 Å². The highest BCUT2D eigenvalue weighted by Gasteiger charge is 2.33. The highest BCUT2D eigenvalue weighted by Crippen LogP contribution is 2.41. The second-order valence-electron chi connectivity index (χ2n) is 8.78. The molecule has 5 heteroatoms. The van der Waals surface area contributed by atoms with Gasteiger partial charge in [0.15, 0.2) is 0 Å². The largest absolute Gasteiger partial charge is 0.497 e. The molecule has 1 N–H and O–H groups in total. The van der Waals surface area contributed by atoms with Gasteiger partial charge >= 0.3 is 0 Å². The van der Waals surface area contributed by atoms with Gasteiger partial charge in [0.05, 0.1) is 18.7 Å². The molecule has 1 aromatic carbocycles. The number of hydrogen-bond donors (Lipinski definition) is 1. The van der Waals surface area contributed by atoms with Gasteiger partial charge in [0.25, 0.3) is 5.91 Å². The lowest BCUT2D eigenvalue weighted by molar-refractivity contribution is 0.0919. The lowest BCUT2D eigenvalue weighted by Gasteiger charge is -2.23. The number of benzene rings is 1. The summed E-state index contributed by atoms with van der Waals surface area (Å²) in [6.45, 7) is 10.6. The number of amides is 1. The summed E-state index contributed by atoms with van der Waals surface area (Å²) >= 11 is 0. The van der Waals surface area contributed by atoms with Gasteiger partial charge in [0.2, 0.25) is 0 Å². The van der Waals surface area contributed by atoms with E-state index in [1.54, 1.807) is 7.11 Å². The van der Waals surface area contributed by atoms with Crippen molar-refractivity contribution in [3.05, 3.63) is 47.3 Å². The molecule has 146 valence electrons. The van der Waals surface area contributed by atoms with Crippen LogP contribution in [0.1, 0.15) is 81.2 Å². The van der Waals surface area contributed by atoms with Crippen LogP contribution >= 0.6 is 0 Å². The SMILES string of the molecule is COc1ccc(C(NC(=O)c2cc(C3CC3)n(C(C)(C)C)n2)C(C)C)cc1. The zero-order valence-electron chi connectivity index (χ0n) is 17.2. The van der Waals surface area contributed by atoms with E-state index in [1.807, 2.05) is 35.0 Å². The first-order valence-electron chi connectivity index (χ1n) is 9.76. The molecule has 0 saturated heterocycles. The van der Waals surface area contributed by atoms with Crippen molar-refractivity contribution in [3.63, 3.8) is 0 Å². The smallest absolute Gasteiger partial charge is 0.272 e. The summed E-state index contributed by atoms with van der Waals surface area (Å²) in [5, 5.41) is 7.84. The summed E-state index contributed by atoms with van der Waals surface area (Å²) in [5.74, 6) is 1.50. The van der Waals surface area contributed by atoms with Gasteiger partial charge in [-0.15, -0.1) is 0 Å². The van der Waals surface area contributed by atoms with E-state index in [1.165, 1.54) is 18.5 Å². The van der Waals surface area contributed by atoms with Gasteiger partial charge in [0, 0.05) is 11.6 Å². The van der Waals surface area contributed by atoms with E-state index in [0.29, 0.717) is 11.6 Å². The summed E-state index contributed by atoms with van der Waals surface area (Å²) in [6, 6.07) is 9.77. The van der Waals surface area contributed by atoms with E-state index in [0.717, 1.165) is 11.3 Å². The quantitative estimate of drug-likeness (QED) is 0.806. The van der Waals surface area contributed by atoms with Gasteiger partial charge in [-0.05, 0) is 63.3 Å². The Morgan fingerprint density at radius 2 is 1.85 bits per heavy atom. The molecule has 3 rings (SSSR count). The number of nitrogens with one attached hydrogen (secondary N) is 1. The van der Waals surface area contributed by atoms with E-state index in [4.69, 9.17) is 4.74 Å². The number of methoxy groups -OCH3 is 1. The molecule has 1 aliphatic carbocycles. The highest BCUT2D eigenvalue weighted by molar-refractivity contribution is 5.92. The van der Waals surface area contributed by atoms with Gasteiger partial charge in [-0.3, -0.25) is 9.48 Å². The first-order chi connectivity index (χ1) is 12.7. The fraction of sp³-hybridized carbons (Fsp3) is 0.545. The third kappa shape index (κ3) is 4.34. The predicted molar refractivity (Wildman–Crippen MR) is 107 cm³/mol. The molecule has 0 spiro atoms. The molecule has 1 aromatic heterocycles. The minimum atomic E-state index is -0.135. The molecule has 27 heavy (non-hydrogen) atoms. The first-order valence-corrected chi connectivity index (χ1v) is 9.76. The Balaban J connectivity index is 1.83. The lowest BCUT2D eigenvalue weighted by Crippen LogP contribution is -2.32. The normalized spacial score (nSPS) is 15.7. The maximum Gasteiger partial charge on any atom is 0.272 e. The molecule has 5 nitrogen and oxygen atoms in total. The van der Waals surface area contributed by atoms with Crippen molar-refractivity contribution in [1.29, 1.82) is 0 Å². The fourth-order valence-electron chi connectivity index (χ4n) is 3.38. The number of ether oxygens (including phenoxy) is 1. The first kappa shape index (κ1) is 19.5. The van der Waals surface area contributed by atoms with Crippen LogP contribution < -0.4 is 10.1 Å². The predicted octanol–water partition coefficient (Wildman–Crippen LogP) is 4.65. The van der Waals surface area contributed by atoms with Gasteiger partial charge in [0.1, 0.15) is 11.4 Å². The monoisotopic (exact) mass is 369 g/mol. The van der Waals surface area contributed by atoms with E-state index in [-0.39, 0.29) is 23.4 Å². The molecule has 1 amide bonds. The topological polar surface area (TPSA) is 56.1 Å². The summed E-state index contributed by atoms with van der Waals surface area (Å²) in [6.07, 6.45) is 2.37. The summed E-state index contributed by atoms with van der Waals surface area (Å²) in [4.78, 5) is 13.0. The van der Waals surface area contributed by atoms with Gasteiger partial charge < -0.3 is 10.1 Å². The number of rotatable bonds is 6. The van der Waals surface area contributed by atoms with Crippen molar-refractivity contribution < 1.29 is 9.53 Å². The molecule has 1 fully saturated rings. The average molecular weight is 370 g/mol. The van der Waals surface area contributed by atoms with Crippen LogP contribution in [-0.4, -0.2) is 22.8 Å². The molecule has 2 aromatic rings. The second kappa shape index (κ2) is 7.37. The zero-order chi connectivity index (χ0) is 19.8. The van der Waals surface area contributed by atoms with Gasteiger partial charge in [-0.2, -0.15) is 5.10 Å². The average Bonchev–Trinajstić information content (AvgIpc) is 3.36. The maximum atomic E-state index is 13.0. The van der Waals surface area contributed by atoms with Crippen molar-refractivity contribution in [2.24, 2.45) is 5.92 Å². The Morgan fingerprint density at radius 1 is 1.22 bits per heavy atom. The third-order valence-corrected chi connectivity index (χ3v) is 5.03. The Hall–Kier alpha value is -2.30. The van der Waals surface area contributed by atoms with Crippen LogP contribution in [0.15, 0.2) is 30.3 Å². The molecule has 1 atom stereocenters. The molecule has 1 unspecified atom stereocenters. The number of carbonyl (C=O) groups excluding carboxylic acids is 1. The van der Waals surface area contributed by atoms with Gasteiger partial charge in [-0.25, -0.2) is 0 Å². The van der Waals surface area contributed by atoms with Crippen molar-refractivity contribution in [1.82, 2.24) is 15.1 Å². The van der Waals surface area contributed by atoms with Gasteiger partial charge in [-0.1, -0.05) is 26.0 Å². The molecular formula is C22H31N3O2. The van der Waals surface area contributed by atoms with Crippen molar-refractivity contribution >= 4 is 5.91 Å². The summed E-state index contributed by atoms with van der Waals surface area (Å²) < 4.78 is 7.26. The zero-order valence-corrected chi connectivity index (χ0v) is 17.2. The molecule has 1 heterocycles. The standard InChI is InChI=1S/C22H31N3O2/c1-14(2)20(16-9-11-17(27-6)12-10-16)23-21(26)18-13-19(15-7-8-15)25(24-18)22(3,4)5/h9-15,20H,7-8H2,1-6H3,(H,23,26). The van der Waals surface area contributed by atoms with Crippen LogP contribution in [0.25, 0.3) is 0 Å². The molecule has 0 aliphatic heterocycles. The number of carbonyl (C=O) groups is 1. The maximum absolute atomic E-state index is 13.0. The second-order valence-corrected chi connectivity index (χ2v) is 8.78. The van der Waals surface area contributed by atoms with Crippen LogP contribution in [-0.2, 0) is 5.54 Å². The van der Waals surface area contributed by atoms with Crippen LogP contribution in [0.3, 0.4) is 0 Å². The number of aromatic nitrogens is 2. The number of nitrogens with zero attached hydrogens (tertiary/aromatic N) is 2. The van der Waals surface area contributed by atoms with E-state index in [9.17, 15) is 4.79 Å². The summed E-state index contributed by atoms with van der Waals surface area (Å²) in [7, 11) is 1.65. The third-order valence-electron chi connectivity index (χ3n) is 5.03. The fourth-order valence-corrected chi connectivity index (χ4v) is 3.38.